The van der Waals surface area contributed by atoms with Gasteiger partial charge in [-0.25, -0.2) is 0 Å². The number of anilines is 3. The second kappa shape index (κ2) is 11.8. The van der Waals surface area contributed by atoms with Crippen LogP contribution in [0.25, 0.3) is 66.1 Å². The van der Waals surface area contributed by atoms with E-state index in [1.807, 2.05) is 12.1 Å². The maximum atomic E-state index is 6.09. The van der Waals surface area contributed by atoms with Crippen LogP contribution in [-0.4, -0.2) is 0 Å². The van der Waals surface area contributed by atoms with E-state index in [-0.39, 0.29) is 0 Å². The second-order valence-electron chi connectivity index (χ2n) is 12.2. The fraction of sp³-hybridized carbons (Fsp3) is 0. The number of nitrogens with zero attached hydrogens (tertiary/aromatic N) is 1. The van der Waals surface area contributed by atoms with E-state index >= 15 is 0 Å². The maximum absolute atomic E-state index is 6.09. The molecule has 0 saturated heterocycles. The van der Waals surface area contributed by atoms with Crippen molar-refractivity contribution in [2.75, 3.05) is 4.90 Å². The van der Waals surface area contributed by atoms with Crippen LogP contribution < -0.4 is 4.90 Å². The summed E-state index contributed by atoms with van der Waals surface area (Å²) < 4.78 is 6.09. The molecule has 0 aliphatic carbocycles. The Morgan fingerprint density at radius 3 is 1.62 bits per heavy atom. The fourth-order valence-electron chi connectivity index (χ4n) is 6.80. The molecule has 0 unspecified atom stereocenters. The van der Waals surface area contributed by atoms with Gasteiger partial charge in [0.25, 0.3) is 0 Å². The zero-order valence-electron chi connectivity index (χ0n) is 26.3. The Kier molecular flexibility index (Phi) is 6.84. The van der Waals surface area contributed by atoms with Gasteiger partial charge in [0.15, 0.2) is 0 Å². The topological polar surface area (TPSA) is 16.4 Å². The first-order valence-electron chi connectivity index (χ1n) is 16.3. The third-order valence-corrected chi connectivity index (χ3v) is 9.23. The zero-order valence-corrected chi connectivity index (χ0v) is 26.3. The summed E-state index contributed by atoms with van der Waals surface area (Å²) in [6, 6.07) is 67.1. The van der Waals surface area contributed by atoms with Crippen LogP contribution in [-0.2, 0) is 0 Å². The molecule has 48 heavy (non-hydrogen) atoms. The van der Waals surface area contributed by atoms with Gasteiger partial charge in [-0.2, -0.15) is 0 Å². The van der Waals surface area contributed by atoms with Crippen LogP contribution in [0.2, 0.25) is 0 Å². The number of hydrogen-bond donors (Lipinski definition) is 0. The lowest BCUT2D eigenvalue weighted by atomic mass is 9.99. The van der Waals surface area contributed by atoms with Crippen LogP contribution >= 0.6 is 0 Å². The lowest BCUT2D eigenvalue weighted by Gasteiger charge is -2.27. The molecule has 2 heteroatoms. The Morgan fingerprint density at radius 2 is 0.833 bits per heavy atom. The predicted molar refractivity (Wildman–Crippen MR) is 202 cm³/mol. The van der Waals surface area contributed by atoms with Gasteiger partial charge in [0, 0.05) is 27.8 Å². The van der Waals surface area contributed by atoms with E-state index in [2.05, 4.69) is 181 Å². The van der Waals surface area contributed by atoms with E-state index < -0.39 is 0 Å². The number of fused-ring (bicyclic) bond motifs is 4. The van der Waals surface area contributed by atoms with Crippen LogP contribution in [0, 0.1) is 0 Å². The molecule has 0 spiro atoms. The minimum Gasteiger partial charge on any atom is -0.456 e. The predicted octanol–water partition coefficient (Wildman–Crippen LogP) is 13.2. The average Bonchev–Trinajstić information content (AvgIpc) is 3.54. The van der Waals surface area contributed by atoms with Gasteiger partial charge in [-0.3, -0.25) is 0 Å². The molecule has 9 aromatic rings. The van der Waals surface area contributed by atoms with Crippen LogP contribution in [0.15, 0.2) is 192 Å². The van der Waals surface area contributed by atoms with Crippen molar-refractivity contribution >= 4 is 49.8 Å². The molecule has 1 heterocycles. The molecule has 0 aliphatic rings. The molecular formula is C46H31NO. The number of para-hydroxylation sites is 1. The zero-order chi connectivity index (χ0) is 31.9. The summed E-state index contributed by atoms with van der Waals surface area (Å²) in [7, 11) is 0. The first kappa shape index (κ1) is 27.9. The SMILES string of the molecule is c1ccc(-c2cccc(N(c3ccc(-c4ccc5oc6ccccc6c5c4)cc3)c3cccc(-c4ccc5ccccc5c4)c3)c2)cc1. The highest BCUT2D eigenvalue weighted by molar-refractivity contribution is 6.06. The van der Waals surface area contributed by atoms with Crippen molar-refractivity contribution in [1.82, 2.24) is 0 Å². The summed E-state index contributed by atoms with van der Waals surface area (Å²) >= 11 is 0. The molecule has 0 radical (unpaired) electrons. The molecule has 0 amide bonds. The molecule has 0 atom stereocenters. The Bertz CT molecular complexity index is 2560. The monoisotopic (exact) mass is 613 g/mol. The van der Waals surface area contributed by atoms with Gasteiger partial charge in [-0.1, -0.05) is 127 Å². The van der Waals surface area contributed by atoms with Crippen molar-refractivity contribution in [3.8, 4) is 33.4 Å². The number of furan rings is 1. The first-order chi connectivity index (χ1) is 23.8. The summed E-state index contributed by atoms with van der Waals surface area (Å²) in [4.78, 5) is 2.35. The van der Waals surface area contributed by atoms with Gasteiger partial charge in [-0.05, 0) is 105 Å². The Balaban J connectivity index is 1.14. The Labute approximate surface area is 279 Å². The highest BCUT2D eigenvalue weighted by Gasteiger charge is 2.16. The van der Waals surface area contributed by atoms with Crippen molar-refractivity contribution in [2.24, 2.45) is 0 Å². The summed E-state index contributed by atoms with van der Waals surface area (Å²) in [5, 5.41) is 4.76. The summed E-state index contributed by atoms with van der Waals surface area (Å²) in [5.41, 5.74) is 12.2. The summed E-state index contributed by atoms with van der Waals surface area (Å²) in [6.45, 7) is 0. The normalized spacial score (nSPS) is 11.3. The number of benzene rings is 8. The van der Waals surface area contributed by atoms with Crippen molar-refractivity contribution in [3.05, 3.63) is 188 Å². The van der Waals surface area contributed by atoms with E-state index in [0.29, 0.717) is 0 Å². The first-order valence-corrected chi connectivity index (χ1v) is 16.3. The van der Waals surface area contributed by atoms with E-state index in [1.165, 1.54) is 33.0 Å². The lowest BCUT2D eigenvalue weighted by molar-refractivity contribution is 0.669. The molecule has 9 rings (SSSR count). The molecule has 226 valence electrons. The Hall–Kier alpha value is -6.38. The largest absolute Gasteiger partial charge is 0.456 e. The van der Waals surface area contributed by atoms with Crippen molar-refractivity contribution in [3.63, 3.8) is 0 Å². The molecule has 0 N–H and O–H groups in total. The van der Waals surface area contributed by atoms with E-state index in [0.717, 1.165) is 50.1 Å². The van der Waals surface area contributed by atoms with Crippen molar-refractivity contribution in [1.29, 1.82) is 0 Å². The van der Waals surface area contributed by atoms with Crippen molar-refractivity contribution in [2.45, 2.75) is 0 Å². The average molecular weight is 614 g/mol. The fourth-order valence-corrected chi connectivity index (χ4v) is 6.80. The molecule has 0 aliphatic heterocycles. The highest BCUT2D eigenvalue weighted by atomic mass is 16.3. The molecule has 2 nitrogen and oxygen atoms in total. The molecule has 0 saturated carbocycles. The second-order valence-corrected chi connectivity index (χ2v) is 12.2. The minimum atomic E-state index is 0.910. The number of hydrogen-bond acceptors (Lipinski definition) is 2. The van der Waals surface area contributed by atoms with Crippen LogP contribution in [0.4, 0.5) is 17.1 Å². The molecule has 0 fully saturated rings. The van der Waals surface area contributed by atoms with Crippen LogP contribution in [0.5, 0.6) is 0 Å². The molecule has 1 aromatic heterocycles. The van der Waals surface area contributed by atoms with Gasteiger partial charge in [0.05, 0.1) is 0 Å². The molecule has 8 aromatic carbocycles. The quantitative estimate of drug-likeness (QED) is 0.185. The van der Waals surface area contributed by atoms with Gasteiger partial charge in [-0.15, -0.1) is 0 Å². The smallest absolute Gasteiger partial charge is 0.135 e. The van der Waals surface area contributed by atoms with Gasteiger partial charge < -0.3 is 9.32 Å². The minimum absolute atomic E-state index is 0.910. The Morgan fingerprint density at radius 1 is 0.292 bits per heavy atom. The van der Waals surface area contributed by atoms with Crippen LogP contribution in [0.3, 0.4) is 0 Å². The van der Waals surface area contributed by atoms with Crippen molar-refractivity contribution < 1.29 is 4.42 Å². The third-order valence-electron chi connectivity index (χ3n) is 9.23. The summed E-state index contributed by atoms with van der Waals surface area (Å²) in [5.74, 6) is 0. The third kappa shape index (κ3) is 5.10. The molecule has 0 bridgehead atoms. The van der Waals surface area contributed by atoms with Crippen LogP contribution in [0.1, 0.15) is 0 Å². The molecular weight excluding hydrogens is 583 g/mol. The standard InChI is InChI=1S/C46H31NO/c1-2-10-32(11-3-1)36-14-8-16-41(29-36)47(42-17-9-15-37(30-42)38-21-20-33-12-4-5-13-35(33)28-38)40-25-22-34(23-26-40)39-24-27-46-44(31-39)43-18-6-7-19-45(43)48-46/h1-31H. The lowest BCUT2D eigenvalue weighted by Crippen LogP contribution is -2.10. The van der Waals surface area contributed by atoms with E-state index in [4.69, 9.17) is 4.42 Å². The highest BCUT2D eigenvalue weighted by Crippen LogP contribution is 2.40. The van der Waals surface area contributed by atoms with E-state index in [1.54, 1.807) is 0 Å². The number of rotatable bonds is 6. The maximum Gasteiger partial charge on any atom is 0.135 e. The van der Waals surface area contributed by atoms with Gasteiger partial charge in [0.1, 0.15) is 11.2 Å². The summed E-state index contributed by atoms with van der Waals surface area (Å²) in [6.07, 6.45) is 0. The van der Waals surface area contributed by atoms with Gasteiger partial charge >= 0.3 is 0 Å². The van der Waals surface area contributed by atoms with E-state index in [9.17, 15) is 0 Å². The van der Waals surface area contributed by atoms with Gasteiger partial charge in [0.2, 0.25) is 0 Å².